The lowest BCUT2D eigenvalue weighted by Crippen LogP contribution is -2.24. The van der Waals surface area contributed by atoms with Crippen molar-refractivity contribution in [1.82, 2.24) is 5.32 Å². The molecule has 0 unspecified atom stereocenters. The first kappa shape index (κ1) is 28.0. The Morgan fingerprint density at radius 3 is 2.54 bits per heavy atom. The van der Waals surface area contributed by atoms with Gasteiger partial charge in [-0.1, -0.05) is 30.3 Å². The summed E-state index contributed by atoms with van der Waals surface area (Å²) < 4.78 is 11.8. The number of non-ortho nitro benzene ring substituents is 1. The van der Waals surface area contributed by atoms with Crippen molar-refractivity contribution in [3.8, 4) is 11.5 Å². The smallest absolute Gasteiger partial charge is 0.269 e. The molecule has 0 radical (unpaired) electrons. The summed E-state index contributed by atoms with van der Waals surface area (Å²) in [5.74, 6) is 1.05. The topological polar surface area (TPSA) is 103 Å². The van der Waals surface area contributed by atoms with E-state index in [1.54, 1.807) is 29.7 Å². The lowest BCUT2D eigenvalue weighted by molar-refractivity contribution is -0.384. The van der Waals surface area contributed by atoms with Crippen LogP contribution in [0.15, 0.2) is 77.8 Å². The number of carbonyl (C=O) groups is 1. The fourth-order valence-corrected chi connectivity index (χ4v) is 5.97. The van der Waals surface area contributed by atoms with E-state index in [0.29, 0.717) is 30.2 Å². The molecule has 0 aliphatic heterocycles. The van der Waals surface area contributed by atoms with E-state index in [0.717, 1.165) is 52.9 Å². The van der Waals surface area contributed by atoms with Gasteiger partial charge in [-0.3, -0.25) is 14.9 Å². The van der Waals surface area contributed by atoms with Crippen LogP contribution in [0, 0.1) is 10.1 Å². The van der Waals surface area contributed by atoms with Crippen LogP contribution < -0.4 is 14.8 Å². The minimum absolute atomic E-state index is 0.0378. The Labute approximate surface area is 242 Å². The zero-order valence-electron chi connectivity index (χ0n) is 22.8. The number of aryl methyl sites for hydroxylation is 1. The number of ether oxygens (including phenoxy) is 2. The summed E-state index contributed by atoms with van der Waals surface area (Å²) in [7, 11) is 0. The molecule has 1 aliphatic carbocycles. The number of nitrogens with one attached hydrogen (secondary N) is 1. The molecule has 4 aromatic rings. The van der Waals surface area contributed by atoms with E-state index in [2.05, 4.69) is 5.32 Å². The summed E-state index contributed by atoms with van der Waals surface area (Å²) in [6, 6.07) is 21.7. The van der Waals surface area contributed by atoms with Gasteiger partial charge in [0.2, 0.25) is 0 Å². The van der Waals surface area contributed by atoms with Gasteiger partial charge < -0.3 is 14.8 Å². The minimum Gasteiger partial charge on any atom is -0.490 e. The van der Waals surface area contributed by atoms with Crippen LogP contribution in [-0.2, 0) is 26.0 Å². The van der Waals surface area contributed by atoms with E-state index in [9.17, 15) is 14.9 Å². The Morgan fingerprint density at radius 2 is 1.78 bits per heavy atom. The normalized spacial score (nSPS) is 12.6. The maximum atomic E-state index is 13.4. The summed E-state index contributed by atoms with van der Waals surface area (Å²) in [6.07, 6.45) is 5.83. The van der Waals surface area contributed by atoms with Crippen LogP contribution in [0.5, 0.6) is 11.5 Å². The Balaban J connectivity index is 1.33. The lowest BCUT2D eigenvalue weighted by atomic mass is 9.95. The van der Waals surface area contributed by atoms with Gasteiger partial charge in [-0.2, -0.15) is 0 Å². The number of hydrogen-bond donors (Lipinski definition) is 1. The number of nitrogens with zero attached hydrogens (tertiary/aromatic N) is 2. The molecule has 1 aromatic heterocycles. The SMILES string of the molecule is CCOc1cc(C=Nc2sc3c(c2C(=O)NCc2ccccc2)CCCC3)ccc1OCc1ccc([N+](=O)[O-])cc1. The van der Waals surface area contributed by atoms with E-state index in [1.165, 1.54) is 17.0 Å². The number of benzene rings is 3. The average Bonchev–Trinajstić information content (AvgIpc) is 3.38. The van der Waals surface area contributed by atoms with Crippen LogP contribution in [0.2, 0.25) is 0 Å². The van der Waals surface area contributed by atoms with E-state index in [-0.39, 0.29) is 18.2 Å². The molecule has 0 bridgehead atoms. The highest BCUT2D eigenvalue weighted by atomic mass is 32.1. The highest BCUT2D eigenvalue weighted by molar-refractivity contribution is 7.16. The van der Waals surface area contributed by atoms with Crippen LogP contribution in [0.1, 0.15) is 57.3 Å². The molecular formula is C32H31N3O5S. The zero-order valence-corrected chi connectivity index (χ0v) is 23.6. The second-order valence-corrected chi connectivity index (χ2v) is 10.8. The standard InChI is InChI=1S/C32H31N3O5S/c1-2-39-28-18-24(14-17-27(28)40-21-23-12-15-25(16-13-23)35(37)38)20-34-32-30(26-10-6-7-11-29(26)41-32)31(36)33-19-22-8-4-3-5-9-22/h3-5,8-9,12-18,20H,2,6-7,10-11,19,21H2,1H3,(H,33,36). The number of aliphatic imine (C=N–C) groups is 1. The number of fused-ring (bicyclic) bond motifs is 1. The van der Waals surface area contributed by atoms with Crippen LogP contribution >= 0.6 is 11.3 Å². The van der Waals surface area contributed by atoms with E-state index < -0.39 is 4.92 Å². The van der Waals surface area contributed by atoms with Crippen LogP contribution in [0.3, 0.4) is 0 Å². The Kier molecular flexibility index (Phi) is 9.05. The van der Waals surface area contributed by atoms with Crippen LogP contribution in [-0.4, -0.2) is 23.7 Å². The van der Waals surface area contributed by atoms with Gasteiger partial charge in [-0.25, -0.2) is 4.99 Å². The van der Waals surface area contributed by atoms with Crippen molar-refractivity contribution >= 4 is 34.1 Å². The average molecular weight is 570 g/mol. The molecule has 1 amide bonds. The maximum absolute atomic E-state index is 13.4. The highest BCUT2D eigenvalue weighted by Gasteiger charge is 2.25. The van der Waals surface area contributed by atoms with Gasteiger partial charge in [0, 0.05) is 29.8 Å². The number of rotatable bonds is 11. The Bertz CT molecular complexity index is 1550. The van der Waals surface area contributed by atoms with Crippen molar-refractivity contribution in [3.63, 3.8) is 0 Å². The van der Waals surface area contributed by atoms with Crippen molar-refractivity contribution in [1.29, 1.82) is 0 Å². The van der Waals surface area contributed by atoms with E-state index in [1.807, 2.05) is 55.5 Å². The first-order valence-corrected chi connectivity index (χ1v) is 14.5. The molecule has 0 fully saturated rings. The molecule has 0 saturated carbocycles. The fraction of sp³-hybridized carbons (Fsp3) is 0.250. The molecule has 41 heavy (non-hydrogen) atoms. The number of thiophene rings is 1. The number of carbonyl (C=O) groups excluding carboxylic acids is 1. The van der Waals surface area contributed by atoms with Crippen molar-refractivity contribution in [2.75, 3.05) is 6.61 Å². The van der Waals surface area contributed by atoms with Gasteiger partial charge in [0.25, 0.3) is 11.6 Å². The zero-order chi connectivity index (χ0) is 28.6. The third-order valence-electron chi connectivity index (χ3n) is 6.82. The molecule has 210 valence electrons. The Hall–Kier alpha value is -4.50. The summed E-state index contributed by atoms with van der Waals surface area (Å²) in [4.78, 5) is 29.9. The van der Waals surface area contributed by atoms with E-state index >= 15 is 0 Å². The van der Waals surface area contributed by atoms with Gasteiger partial charge in [-0.15, -0.1) is 11.3 Å². The second-order valence-electron chi connectivity index (χ2n) is 9.67. The molecule has 0 spiro atoms. The van der Waals surface area contributed by atoms with Crippen molar-refractivity contribution in [2.24, 2.45) is 4.99 Å². The third kappa shape index (κ3) is 6.99. The summed E-state index contributed by atoms with van der Waals surface area (Å²) >= 11 is 1.60. The predicted molar refractivity (Wildman–Crippen MR) is 161 cm³/mol. The molecular weight excluding hydrogens is 538 g/mol. The van der Waals surface area contributed by atoms with Gasteiger partial charge in [0.15, 0.2) is 11.5 Å². The van der Waals surface area contributed by atoms with Crippen molar-refractivity contribution in [3.05, 3.63) is 116 Å². The molecule has 0 atom stereocenters. The van der Waals surface area contributed by atoms with Crippen LogP contribution in [0.25, 0.3) is 0 Å². The maximum Gasteiger partial charge on any atom is 0.269 e. The van der Waals surface area contributed by atoms with Crippen LogP contribution in [0.4, 0.5) is 10.7 Å². The highest BCUT2D eigenvalue weighted by Crippen LogP contribution is 2.40. The Morgan fingerprint density at radius 1 is 1.00 bits per heavy atom. The molecule has 1 heterocycles. The molecule has 9 heteroatoms. The molecule has 1 aliphatic rings. The fourth-order valence-electron chi connectivity index (χ4n) is 4.74. The molecule has 3 aromatic carbocycles. The van der Waals surface area contributed by atoms with Gasteiger partial charge in [0.05, 0.1) is 17.1 Å². The number of nitro benzene ring substituents is 1. The second kappa shape index (κ2) is 13.2. The molecule has 8 nitrogen and oxygen atoms in total. The quantitative estimate of drug-likeness (QED) is 0.117. The molecule has 0 saturated heterocycles. The number of hydrogen-bond acceptors (Lipinski definition) is 7. The molecule has 1 N–H and O–H groups in total. The monoisotopic (exact) mass is 569 g/mol. The lowest BCUT2D eigenvalue weighted by Gasteiger charge is -2.13. The predicted octanol–water partition coefficient (Wildman–Crippen LogP) is 7.19. The van der Waals surface area contributed by atoms with Crippen molar-refractivity contribution < 1.29 is 19.2 Å². The summed E-state index contributed by atoms with van der Waals surface area (Å²) in [5.41, 5.74) is 4.53. The van der Waals surface area contributed by atoms with Gasteiger partial charge >= 0.3 is 0 Å². The first-order chi connectivity index (χ1) is 20.0. The third-order valence-corrected chi connectivity index (χ3v) is 8.02. The van der Waals surface area contributed by atoms with Gasteiger partial charge in [-0.05, 0) is 85.2 Å². The van der Waals surface area contributed by atoms with Gasteiger partial charge in [0.1, 0.15) is 11.6 Å². The minimum atomic E-state index is -0.427. The summed E-state index contributed by atoms with van der Waals surface area (Å²) in [5, 5.41) is 14.7. The van der Waals surface area contributed by atoms with E-state index in [4.69, 9.17) is 14.5 Å². The molecule has 5 rings (SSSR count). The number of nitro groups is 1. The first-order valence-electron chi connectivity index (χ1n) is 13.7. The van der Waals surface area contributed by atoms with Crippen molar-refractivity contribution in [2.45, 2.75) is 45.8 Å². The number of amides is 1. The largest absolute Gasteiger partial charge is 0.490 e. The summed E-state index contributed by atoms with van der Waals surface area (Å²) in [6.45, 7) is 3.06.